The fourth-order valence-corrected chi connectivity index (χ4v) is 4.45. The van der Waals surface area contributed by atoms with Crippen LogP contribution in [-0.2, 0) is 9.84 Å². The van der Waals surface area contributed by atoms with Crippen LogP contribution in [-0.4, -0.2) is 43.2 Å². The summed E-state index contributed by atoms with van der Waals surface area (Å²) in [6, 6.07) is 0.153. The molecule has 2 fully saturated rings. The van der Waals surface area contributed by atoms with Crippen LogP contribution in [0.5, 0.6) is 0 Å². The normalized spacial score (nSPS) is 40.4. The molecule has 2 aliphatic rings. The van der Waals surface area contributed by atoms with Crippen molar-refractivity contribution in [2.24, 2.45) is 0 Å². The van der Waals surface area contributed by atoms with E-state index in [2.05, 4.69) is 5.32 Å². The van der Waals surface area contributed by atoms with E-state index in [1.54, 1.807) is 0 Å². The average Bonchev–Trinajstić information content (AvgIpc) is 2.76. The van der Waals surface area contributed by atoms with Gasteiger partial charge in [-0.25, -0.2) is 8.42 Å². The molecule has 0 aromatic heterocycles. The lowest BCUT2D eigenvalue weighted by molar-refractivity contribution is 0.143. The summed E-state index contributed by atoms with van der Waals surface area (Å²) in [6.07, 6.45) is 6.53. The van der Waals surface area contributed by atoms with Gasteiger partial charge >= 0.3 is 0 Å². The Bertz CT molecular complexity index is 341. The van der Waals surface area contributed by atoms with E-state index in [-0.39, 0.29) is 23.4 Å². The molecule has 0 aromatic carbocycles. The van der Waals surface area contributed by atoms with Gasteiger partial charge in [0.2, 0.25) is 0 Å². The highest BCUT2D eigenvalue weighted by atomic mass is 32.2. The second-order valence-electron chi connectivity index (χ2n) is 5.18. The van der Waals surface area contributed by atoms with Crippen molar-refractivity contribution in [1.29, 1.82) is 0 Å². The van der Waals surface area contributed by atoms with Crippen molar-refractivity contribution < 1.29 is 13.5 Å². The largest absolute Gasteiger partial charge is 0.392 e. The van der Waals surface area contributed by atoms with Crippen LogP contribution in [0.3, 0.4) is 0 Å². The van der Waals surface area contributed by atoms with Gasteiger partial charge in [0.05, 0.1) is 11.4 Å². The molecule has 0 aliphatic heterocycles. The van der Waals surface area contributed by atoms with Crippen LogP contribution >= 0.6 is 0 Å². The lowest BCUT2D eigenvalue weighted by Gasteiger charge is -2.25. The van der Waals surface area contributed by atoms with Gasteiger partial charge in [0, 0.05) is 18.3 Å². The zero-order valence-electron chi connectivity index (χ0n) is 9.72. The molecule has 2 saturated carbocycles. The van der Waals surface area contributed by atoms with Crippen LogP contribution in [0.15, 0.2) is 0 Å². The first-order valence-corrected chi connectivity index (χ1v) is 8.07. The zero-order valence-corrected chi connectivity index (χ0v) is 10.5. The molecule has 0 spiro atoms. The number of nitrogens with one attached hydrogen (secondary N) is 1. The Morgan fingerprint density at radius 1 is 1.06 bits per heavy atom. The molecule has 5 heteroatoms. The first-order chi connectivity index (χ1) is 7.48. The number of rotatable bonds is 3. The third kappa shape index (κ3) is 2.57. The second-order valence-corrected chi connectivity index (χ2v) is 7.44. The molecule has 2 rings (SSSR count). The van der Waals surface area contributed by atoms with Crippen LogP contribution in [0, 0.1) is 0 Å². The van der Waals surface area contributed by atoms with Gasteiger partial charge in [-0.2, -0.15) is 0 Å². The molecule has 0 aromatic rings. The molecule has 0 saturated heterocycles. The molecular formula is C11H21NO3S. The summed E-state index contributed by atoms with van der Waals surface area (Å²) in [4.78, 5) is 0. The first-order valence-electron chi connectivity index (χ1n) is 6.11. The van der Waals surface area contributed by atoms with E-state index in [0.717, 1.165) is 38.5 Å². The van der Waals surface area contributed by atoms with Gasteiger partial charge in [0.25, 0.3) is 0 Å². The molecule has 2 aliphatic carbocycles. The van der Waals surface area contributed by atoms with Crippen molar-refractivity contribution >= 4 is 9.84 Å². The Morgan fingerprint density at radius 3 is 2.25 bits per heavy atom. The van der Waals surface area contributed by atoms with Crippen molar-refractivity contribution in [3.8, 4) is 0 Å². The Balaban J connectivity index is 1.98. The number of hydrogen-bond donors (Lipinski definition) is 2. The van der Waals surface area contributed by atoms with Gasteiger partial charge in [0.1, 0.15) is 0 Å². The van der Waals surface area contributed by atoms with E-state index in [0.29, 0.717) is 0 Å². The van der Waals surface area contributed by atoms with Gasteiger partial charge in [0.15, 0.2) is 9.84 Å². The molecule has 0 radical (unpaired) electrons. The molecule has 4 unspecified atom stereocenters. The monoisotopic (exact) mass is 247 g/mol. The van der Waals surface area contributed by atoms with Crippen LogP contribution < -0.4 is 5.32 Å². The first kappa shape index (κ1) is 12.3. The SMILES string of the molecule is CS(=O)(=O)C1CCCC1NC1CCCC1O. The van der Waals surface area contributed by atoms with Crippen LogP contribution in [0.1, 0.15) is 38.5 Å². The maximum absolute atomic E-state index is 11.6. The zero-order chi connectivity index (χ0) is 11.8. The molecular weight excluding hydrogens is 226 g/mol. The standard InChI is InChI=1S/C11H21NO3S/c1-16(14,15)11-7-3-5-9(11)12-8-4-2-6-10(8)13/h8-13H,2-7H2,1H3. The Labute approximate surface area is 97.3 Å². The summed E-state index contributed by atoms with van der Waals surface area (Å²) < 4.78 is 23.2. The third-order valence-electron chi connectivity index (χ3n) is 3.91. The minimum atomic E-state index is -2.95. The van der Waals surface area contributed by atoms with E-state index < -0.39 is 9.84 Å². The van der Waals surface area contributed by atoms with Gasteiger partial charge in [-0.05, 0) is 32.1 Å². The summed E-state index contributed by atoms with van der Waals surface area (Å²) >= 11 is 0. The molecule has 4 atom stereocenters. The van der Waals surface area contributed by atoms with Crippen molar-refractivity contribution in [2.45, 2.75) is 62.0 Å². The van der Waals surface area contributed by atoms with Gasteiger partial charge in [-0.15, -0.1) is 0 Å². The van der Waals surface area contributed by atoms with E-state index in [1.807, 2.05) is 0 Å². The van der Waals surface area contributed by atoms with E-state index in [9.17, 15) is 13.5 Å². The molecule has 0 amide bonds. The average molecular weight is 247 g/mol. The van der Waals surface area contributed by atoms with Gasteiger partial charge in [-0.3, -0.25) is 0 Å². The number of aliphatic hydroxyl groups excluding tert-OH is 1. The number of aliphatic hydroxyl groups is 1. The quantitative estimate of drug-likeness (QED) is 0.760. The summed E-state index contributed by atoms with van der Waals surface area (Å²) in [6.45, 7) is 0. The van der Waals surface area contributed by atoms with Crippen LogP contribution in [0.25, 0.3) is 0 Å². The smallest absolute Gasteiger partial charge is 0.151 e. The Hall–Kier alpha value is -0.130. The molecule has 0 heterocycles. The maximum atomic E-state index is 11.6. The predicted molar refractivity (Wildman–Crippen MR) is 63.1 cm³/mol. The highest BCUT2D eigenvalue weighted by Gasteiger charge is 2.37. The lowest BCUT2D eigenvalue weighted by Crippen LogP contribution is -2.47. The minimum Gasteiger partial charge on any atom is -0.392 e. The summed E-state index contributed by atoms with van der Waals surface area (Å²) in [7, 11) is -2.95. The van der Waals surface area contributed by atoms with Crippen molar-refractivity contribution in [3.63, 3.8) is 0 Å². The van der Waals surface area contributed by atoms with E-state index >= 15 is 0 Å². The fraction of sp³-hybridized carbons (Fsp3) is 1.00. The molecule has 16 heavy (non-hydrogen) atoms. The summed E-state index contributed by atoms with van der Waals surface area (Å²) in [5.74, 6) is 0. The molecule has 0 bridgehead atoms. The highest BCUT2D eigenvalue weighted by molar-refractivity contribution is 7.91. The van der Waals surface area contributed by atoms with Crippen molar-refractivity contribution in [3.05, 3.63) is 0 Å². The maximum Gasteiger partial charge on any atom is 0.151 e. The van der Waals surface area contributed by atoms with Crippen molar-refractivity contribution in [1.82, 2.24) is 5.32 Å². The second kappa shape index (κ2) is 4.63. The highest BCUT2D eigenvalue weighted by Crippen LogP contribution is 2.28. The topological polar surface area (TPSA) is 66.4 Å². The number of sulfone groups is 1. The molecule has 2 N–H and O–H groups in total. The van der Waals surface area contributed by atoms with Crippen LogP contribution in [0.2, 0.25) is 0 Å². The summed E-state index contributed by atoms with van der Waals surface area (Å²) in [5.41, 5.74) is 0. The van der Waals surface area contributed by atoms with Crippen LogP contribution in [0.4, 0.5) is 0 Å². The molecule has 94 valence electrons. The predicted octanol–water partition coefficient (Wildman–Crippen LogP) is 0.455. The lowest BCUT2D eigenvalue weighted by atomic mass is 10.1. The van der Waals surface area contributed by atoms with Gasteiger partial charge in [-0.1, -0.05) is 6.42 Å². The number of hydrogen-bond acceptors (Lipinski definition) is 4. The fourth-order valence-electron chi connectivity index (χ4n) is 3.04. The van der Waals surface area contributed by atoms with Gasteiger partial charge < -0.3 is 10.4 Å². The third-order valence-corrected chi connectivity index (χ3v) is 5.57. The van der Waals surface area contributed by atoms with Crippen molar-refractivity contribution in [2.75, 3.05) is 6.26 Å². The Morgan fingerprint density at radius 2 is 1.69 bits per heavy atom. The van der Waals surface area contributed by atoms with E-state index in [1.165, 1.54) is 6.26 Å². The summed E-state index contributed by atoms with van der Waals surface area (Å²) in [5, 5.41) is 12.8. The Kier molecular flexibility index (Phi) is 3.56. The molecule has 4 nitrogen and oxygen atoms in total. The van der Waals surface area contributed by atoms with E-state index in [4.69, 9.17) is 0 Å². The minimum absolute atomic E-state index is 0.0488.